The van der Waals surface area contributed by atoms with Gasteiger partial charge in [-0.25, -0.2) is 0 Å². The number of anilines is 2. The lowest BCUT2D eigenvalue weighted by Crippen LogP contribution is -2.20. The number of hydrogen-bond acceptors (Lipinski definition) is 3. The van der Waals surface area contributed by atoms with Gasteiger partial charge in [0.25, 0.3) is 5.91 Å². The van der Waals surface area contributed by atoms with Gasteiger partial charge in [0.1, 0.15) is 5.75 Å². The molecule has 104 valence electrons. The maximum atomic E-state index is 11.8. The predicted octanol–water partition coefficient (Wildman–Crippen LogP) is 3.25. The van der Waals surface area contributed by atoms with Crippen LogP contribution in [-0.4, -0.2) is 12.5 Å². The van der Waals surface area contributed by atoms with Crippen LogP contribution in [0.5, 0.6) is 5.75 Å². The second kappa shape index (κ2) is 6.30. The van der Waals surface area contributed by atoms with Crippen molar-refractivity contribution in [1.29, 1.82) is 0 Å². The molecule has 0 radical (unpaired) electrons. The first-order valence-electron chi connectivity index (χ1n) is 6.09. The molecule has 2 aromatic rings. The summed E-state index contributed by atoms with van der Waals surface area (Å²) in [6.07, 6.45) is 0. The fourth-order valence-electron chi connectivity index (χ4n) is 1.66. The summed E-state index contributed by atoms with van der Waals surface area (Å²) in [4.78, 5) is 11.8. The number of benzene rings is 2. The Hall–Kier alpha value is -2.20. The third kappa shape index (κ3) is 3.65. The molecule has 0 atom stereocenters. The van der Waals surface area contributed by atoms with E-state index in [1.54, 1.807) is 36.4 Å². The van der Waals surface area contributed by atoms with Crippen LogP contribution in [0.4, 0.5) is 11.4 Å². The van der Waals surface area contributed by atoms with Crippen molar-refractivity contribution in [3.63, 3.8) is 0 Å². The van der Waals surface area contributed by atoms with Crippen LogP contribution in [0.25, 0.3) is 0 Å². The molecule has 0 aromatic heterocycles. The molecule has 0 fully saturated rings. The third-order valence-corrected chi connectivity index (χ3v) is 3.01. The highest BCUT2D eigenvalue weighted by atomic mass is 35.5. The van der Waals surface area contributed by atoms with E-state index in [2.05, 4.69) is 5.32 Å². The van der Waals surface area contributed by atoms with Crippen LogP contribution < -0.4 is 15.8 Å². The molecule has 2 rings (SSSR count). The lowest BCUT2D eigenvalue weighted by Gasteiger charge is -2.10. The summed E-state index contributed by atoms with van der Waals surface area (Å²) in [5.41, 5.74) is 7.85. The van der Waals surface area contributed by atoms with Gasteiger partial charge in [-0.05, 0) is 36.8 Å². The zero-order chi connectivity index (χ0) is 14.5. The number of carbonyl (C=O) groups is 1. The van der Waals surface area contributed by atoms with Gasteiger partial charge in [-0.15, -0.1) is 0 Å². The Balaban J connectivity index is 1.96. The summed E-state index contributed by atoms with van der Waals surface area (Å²) in [5, 5.41) is 3.16. The van der Waals surface area contributed by atoms with Crippen molar-refractivity contribution >= 4 is 28.9 Å². The molecule has 0 aliphatic heterocycles. The Kier molecular flexibility index (Phi) is 4.48. The van der Waals surface area contributed by atoms with E-state index in [0.29, 0.717) is 22.1 Å². The molecule has 5 heteroatoms. The SMILES string of the molecule is Cc1ccc(N)c(OCC(=O)Nc2ccccc2Cl)c1. The van der Waals surface area contributed by atoms with Crippen molar-refractivity contribution in [2.75, 3.05) is 17.7 Å². The van der Waals surface area contributed by atoms with E-state index in [1.165, 1.54) is 0 Å². The zero-order valence-corrected chi connectivity index (χ0v) is 11.8. The summed E-state index contributed by atoms with van der Waals surface area (Å²) < 4.78 is 5.41. The van der Waals surface area contributed by atoms with Crippen molar-refractivity contribution in [2.45, 2.75) is 6.92 Å². The van der Waals surface area contributed by atoms with E-state index in [0.717, 1.165) is 5.56 Å². The normalized spacial score (nSPS) is 10.1. The van der Waals surface area contributed by atoms with Crippen LogP contribution in [0.3, 0.4) is 0 Å². The standard InChI is InChI=1S/C15H15ClN2O2/c1-10-6-7-12(17)14(8-10)20-9-15(19)18-13-5-3-2-4-11(13)16/h2-8H,9,17H2,1H3,(H,18,19). The minimum atomic E-state index is -0.293. The third-order valence-electron chi connectivity index (χ3n) is 2.68. The van der Waals surface area contributed by atoms with Gasteiger partial charge in [-0.3, -0.25) is 4.79 Å². The second-order valence-corrected chi connectivity index (χ2v) is 4.77. The van der Waals surface area contributed by atoms with Crippen LogP contribution >= 0.6 is 11.6 Å². The van der Waals surface area contributed by atoms with Crippen molar-refractivity contribution in [2.24, 2.45) is 0 Å². The lowest BCUT2D eigenvalue weighted by molar-refractivity contribution is -0.118. The smallest absolute Gasteiger partial charge is 0.262 e. The van der Waals surface area contributed by atoms with Crippen molar-refractivity contribution in [3.05, 3.63) is 53.1 Å². The molecular formula is C15H15ClN2O2. The first-order chi connectivity index (χ1) is 9.56. The largest absolute Gasteiger partial charge is 0.482 e. The van der Waals surface area contributed by atoms with E-state index in [9.17, 15) is 4.79 Å². The van der Waals surface area contributed by atoms with E-state index in [-0.39, 0.29) is 12.5 Å². The van der Waals surface area contributed by atoms with Gasteiger partial charge >= 0.3 is 0 Å². The van der Waals surface area contributed by atoms with Crippen LogP contribution in [0.2, 0.25) is 5.02 Å². The van der Waals surface area contributed by atoms with Gasteiger partial charge in [-0.1, -0.05) is 29.8 Å². The number of halogens is 1. The van der Waals surface area contributed by atoms with E-state index >= 15 is 0 Å². The van der Waals surface area contributed by atoms with Gasteiger partial charge in [0, 0.05) is 0 Å². The number of ether oxygens (including phenoxy) is 1. The number of aryl methyl sites for hydroxylation is 1. The Labute approximate surface area is 122 Å². The first kappa shape index (κ1) is 14.2. The highest BCUT2D eigenvalue weighted by Gasteiger charge is 2.07. The van der Waals surface area contributed by atoms with Crippen molar-refractivity contribution in [1.82, 2.24) is 0 Å². The van der Waals surface area contributed by atoms with Gasteiger partial charge < -0.3 is 15.8 Å². The van der Waals surface area contributed by atoms with Crippen LogP contribution in [0, 0.1) is 6.92 Å². The summed E-state index contributed by atoms with van der Waals surface area (Å²) in [6, 6.07) is 12.4. The molecule has 0 aliphatic carbocycles. The molecule has 0 heterocycles. The zero-order valence-electron chi connectivity index (χ0n) is 11.0. The first-order valence-corrected chi connectivity index (χ1v) is 6.47. The molecular weight excluding hydrogens is 276 g/mol. The summed E-state index contributed by atoms with van der Waals surface area (Å²) in [6.45, 7) is 1.80. The number of nitrogens with one attached hydrogen (secondary N) is 1. The molecule has 3 N–H and O–H groups in total. The fourth-order valence-corrected chi connectivity index (χ4v) is 1.84. The maximum absolute atomic E-state index is 11.8. The number of hydrogen-bond donors (Lipinski definition) is 2. The second-order valence-electron chi connectivity index (χ2n) is 4.36. The molecule has 0 saturated carbocycles. The molecule has 4 nitrogen and oxygen atoms in total. The molecule has 0 bridgehead atoms. The van der Waals surface area contributed by atoms with Crippen LogP contribution in [-0.2, 0) is 4.79 Å². The van der Waals surface area contributed by atoms with E-state index < -0.39 is 0 Å². The van der Waals surface area contributed by atoms with Gasteiger partial charge in [-0.2, -0.15) is 0 Å². The fraction of sp³-hybridized carbons (Fsp3) is 0.133. The Morgan fingerprint density at radius 2 is 2.05 bits per heavy atom. The van der Waals surface area contributed by atoms with Gasteiger partial charge in [0.2, 0.25) is 0 Å². The summed E-state index contributed by atoms with van der Waals surface area (Å²) in [7, 11) is 0. The monoisotopic (exact) mass is 290 g/mol. The van der Waals surface area contributed by atoms with Crippen LogP contribution in [0.15, 0.2) is 42.5 Å². The molecule has 0 spiro atoms. The molecule has 2 aromatic carbocycles. The number of nitrogen functional groups attached to an aromatic ring is 1. The Bertz CT molecular complexity index is 629. The molecule has 0 saturated heterocycles. The lowest BCUT2D eigenvalue weighted by atomic mass is 10.2. The predicted molar refractivity (Wildman–Crippen MR) is 81.2 cm³/mol. The highest BCUT2D eigenvalue weighted by molar-refractivity contribution is 6.33. The maximum Gasteiger partial charge on any atom is 0.262 e. The number of amides is 1. The average Bonchev–Trinajstić information content (AvgIpc) is 2.42. The molecule has 0 unspecified atom stereocenters. The minimum absolute atomic E-state index is 0.126. The number of rotatable bonds is 4. The number of nitrogens with two attached hydrogens (primary N) is 1. The Morgan fingerprint density at radius 3 is 2.80 bits per heavy atom. The van der Waals surface area contributed by atoms with E-state index in [4.69, 9.17) is 22.1 Å². The topological polar surface area (TPSA) is 64.3 Å². The molecule has 1 amide bonds. The number of para-hydroxylation sites is 1. The summed E-state index contributed by atoms with van der Waals surface area (Å²) in [5.74, 6) is 0.207. The Morgan fingerprint density at radius 1 is 1.30 bits per heavy atom. The van der Waals surface area contributed by atoms with E-state index in [1.807, 2.05) is 13.0 Å². The molecule has 20 heavy (non-hydrogen) atoms. The van der Waals surface area contributed by atoms with Crippen molar-refractivity contribution in [3.8, 4) is 5.75 Å². The van der Waals surface area contributed by atoms with Gasteiger partial charge in [0.15, 0.2) is 6.61 Å². The average molecular weight is 291 g/mol. The summed E-state index contributed by atoms with van der Waals surface area (Å²) >= 11 is 5.96. The minimum Gasteiger partial charge on any atom is -0.482 e. The quantitative estimate of drug-likeness (QED) is 0.850. The van der Waals surface area contributed by atoms with Crippen molar-refractivity contribution < 1.29 is 9.53 Å². The highest BCUT2D eigenvalue weighted by Crippen LogP contribution is 2.23. The van der Waals surface area contributed by atoms with Crippen LogP contribution in [0.1, 0.15) is 5.56 Å². The molecule has 0 aliphatic rings. The number of carbonyl (C=O) groups excluding carboxylic acids is 1. The van der Waals surface area contributed by atoms with Gasteiger partial charge in [0.05, 0.1) is 16.4 Å².